The summed E-state index contributed by atoms with van der Waals surface area (Å²) in [6.07, 6.45) is 0. The van der Waals surface area contributed by atoms with Crippen molar-refractivity contribution < 1.29 is 19.4 Å². The second-order valence-electron chi connectivity index (χ2n) is 3.74. The van der Waals surface area contributed by atoms with Gasteiger partial charge in [0.1, 0.15) is 0 Å². The van der Waals surface area contributed by atoms with E-state index in [1.165, 1.54) is 6.92 Å². The molecule has 5 nitrogen and oxygen atoms in total. The minimum Gasteiger partial charge on any atom is -0.502 e. The number of aromatic hydroxyl groups is 2. The molecule has 1 amide bonds. The van der Waals surface area contributed by atoms with E-state index in [9.17, 15) is 15.0 Å². The summed E-state index contributed by atoms with van der Waals surface area (Å²) >= 11 is 12.0. The zero-order valence-corrected chi connectivity index (χ0v) is 11.2. The van der Waals surface area contributed by atoms with Crippen LogP contribution < -0.4 is 5.32 Å². The summed E-state index contributed by atoms with van der Waals surface area (Å²) in [4.78, 5) is 10.9. The van der Waals surface area contributed by atoms with Crippen molar-refractivity contribution in [2.75, 3.05) is 5.32 Å². The zero-order chi connectivity index (χ0) is 14.2. The molecule has 19 heavy (non-hydrogen) atoms. The molecular weight excluding hydrogens is 293 g/mol. The van der Waals surface area contributed by atoms with Crippen LogP contribution in [0.4, 0.5) is 5.88 Å². The predicted octanol–water partition coefficient (Wildman–Crippen LogP) is 3.62. The van der Waals surface area contributed by atoms with Gasteiger partial charge in [-0.1, -0.05) is 29.3 Å². The van der Waals surface area contributed by atoms with Crippen molar-refractivity contribution in [3.63, 3.8) is 0 Å². The number of benzene rings is 1. The minimum absolute atomic E-state index is 0.114. The van der Waals surface area contributed by atoms with Crippen LogP contribution in [0.15, 0.2) is 22.6 Å². The molecule has 1 aromatic heterocycles. The summed E-state index contributed by atoms with van der Waals surface area (Å²) < 4.78 is 5.20. The number of rotatable bonds is 2. The molecule has 0 aliphatic heterocycles. The molecule has 0 spiro atoms. The van der Waals surface area contributed by atoms with Crippen molar-refractivity contribution in [2.24, 2.45) is 0 Å². The van der Waals surface area contributed by atoms with Gasteiger partial charge in [0.15, 0.2) is 5.76 Å². The summed E-state index contributed by atoms with van der Waals surface area (Å²) in [5.41, 5.74) is 0.232. The molecular formula is C12H9Cl2NO4. The molecule has 0 bridgehead atoms. The average molecular weight is 302 g/mol. The molecule has 0 atom stereocenters. The first-order valence-electron chi connectivity index (χ1n) is 5.18. The Morgan fingerprint density at radius 1 is 1.21 bits per heavy atom. The number of halogens is 2. The third-order valence-electron chi connectivity index (χ3n) is 2.34. The largest absolute Gasteiger partial charge is 0.502 e. The Bertz CT molecular complexity index is 631. The number of hydrogen-bond acceptors (Lipinski definition) is 4. The van der Waals surface area contributed by atoms with Crippen LogP contribution in [0.2, 0.25) is 10.0 Å². The van der Waals surface area contributed by atoms with Crippen LogP contribution in [-0.4, -0.2) is 16.1 Å². The Kier molecular flexibility index (Phi) is 3.59. The maximum absolute atomic E-state index is 10.9. The first kappa shape index (κ1) is 13.6. The standard InChI is InChI=1S/C12H9Cl2NO4/c1-5(16)15-12-10(18)9(17)11(19-12)8-6(13)3-2-4-7(8)14/h2-4,17-18H,1H3,(H,15,16). The van der Waals surface area contributed by atoms with E-state index in [-0.39, 0.29) is 27.3 Å². The Morgan fingerprint density at radius 2 is 1.79 bits per heavy atom. The summed E-state index contributed by atoms with van der Waals surface area (Å²) in [7, 11) is 0. The summed E-state index contributed by atoms with van der Waals surface area (Å²) in [5.74, 6) is -1.96. The maximum Gasteiger partial charge on any atom is 0.246 e. The van der Waals surface area contributed by atoms with Crippen LogP contribution in [0.1, 0.15) is 6.92 Å². The monoisotopic (exact) mass is 301 g/mol. The SMILES string of the molecule is CC(=O)Nc1oc(-c2c(Cl)cccc2Cl)c(O)c1O. The third kappa shape index (κ3) is 2.47. The second-order valence-corrected chi connectivity index (χ2v) is 4.55. The minimum atomic E-state index is -0.582. The summed E-state index contributed by atoms with van der Waals surface area (Å²) in [5, 5.41) is 22.2. The normalized spacial score (nSPS) is 10.5. The number of anilines is 1. The van der Waals surface area contributed by atoms with Gasteiger partial charge in [0.05, 0.1) is 15.6 Å². The third-order valence-corrected chi connectivity index (χ3v) is 2.97. The Hall–Kier alpha value is -1.85. The first-order chi connectivity index (χ1) is 8.91. The molecule has 0 fully saturated rings. The molecule has 100 valence electrons. The van der Waals surface area contributed by atoms with E-state index in [1.807, 2.05) is 0 Å². The number of furan rings is 1. The molecule has 2 aromatic rings. The lowest BCUT2D eigenvalue weighted by Gasteiger charge is -2.03. The molecule has 0 aliphatic carbocycles. The smallest absolute Gasteiger partial charge is 0.246 e. The van der Waals surface area contributed by atoms with Gasteiger partial charge in [0.25, 0.3) is 0 Å². The lowest BCUT2D eigenvalue weighted by atomic mass is 10.1. The highest BCUT2D eigenvalue weighted by atomic mass is 35.5. The van der Waals surface area contributed by atoms with Crippen molar-refractivity contribution in [1.29, 1.82) is 0 Å². The number of carbonyl (C=O) groups excluding carboxylic acids is 1. The number of amides is 1. The molecule has 1 heterocycles. The molecule has 0 unspecified atom stereocenters. The van der Waals surface area contributed by atoms with Gasteiger partial charge in [-0.3, -0.25) is 10.1 Å². The van der Waals surface area contributed by atoms with Gasteiger partial charge in [-0.25, -0.2) is 0 Å². The van der Waals surface area contributed by atoms with Crippen molar-refractivity contribution >= 4 is 35.0 Å². The van der Waals surface area contributed by atoms with Gasteiger partial charge < -0.3 is 14.6 Å². The number of hydrogen-bond donors (Lipinski definition) is 3. The van der Waals surface area contributed by atoms with Crippen molar-refractivity contribution in [3.8, 4) is 22.8 Å². The molecule has 0 saturated carbocycles. The average Bonchev–Trinajstić information content (AvgIpc) is 2.57. The summed E-state index contributed by atoms with van der Waals surface area (Å²) in [6.45, 7) is 1.24. The van der Waals surface area contributed by atoms with Gasteiger partial charge in [-0.2, -0.15) is 0 Å². The molecule has 1 aromatic carbocycles. The predicted molar refractivity (Wildman–Crippen MR) is 71.8 cm³/mol. The molecule has 0 radical (unpaired) electrons. The lowest BCUT2D eigenvalue weighted by molar-refractivity contribution is -0.114. The van der Waals surface area contributed by atoms with E-state index < -0.39 is 17.4 Å². The molecule has 3 N–H and O–H groups in total. The van der Waals surface area contributed by atoms with Gasteiger partial charge >= 0.3 is 0 Å². The number of nitrogens with one attached hydrogen (secondary N) is 1. The first-order valence-corrected chi connectivity index (χ1v) is 5.94. The fourth-order valence-electron chi connectivity index (χ4n) is 1.54. The second kappa shape index (κ2) is 5.03. The highest BCUT2D eigenvalue weighted by Gasteiger charge is 2.24. The highest BCUT2D eigenvalue weighted by Crippen LogP contribution is 2.48. The number of carbonyl (C=O) groups is 1. The maximum atomic E-state index is 10.9. The van der Waals surface area contributed by atoms with Gasteiger partial charge in [0, 0.05) is 6.92 Å². The molecule has 0 saturated heterocycles. The fraction of sp³-hybridized carbons (Fsp3) is 0.0833. The van der Waals surface area contributed by atoms with E-state index in [0.29, 0.717) is 0 Å². The topological polar surface area (TPSA) is 82.7 Å². The van der Waals surface area contributed by atoms with E-state index in [2.05, 4.69) is 5.32 Å². The molecule has 2 rings (SSSR count). The lowest BCUT2D eigenvalue weighted by Crippen LogP contribution is -2.04. The van der Waals surface area contributed by atoms with E-state index >= 15 is 0 Å². The van der Waals surface area contributed by atoms with Crippen LogP contribution in [0.5, 0.6) is 11.5 Å². The summed E-state index contributed by atoms with van der Waals surface area (Å²) in [6, 6.07) is 4.74. The quantitative estimate of drug-likeness (QED) is 0.791. The van der Waals surface area contributed by atoms with Crippen LogP contribution in [-0.2, 0) is 4.79 Å². The van der Waals surface area contributed by atoms with Gasteiger partial charge in [-0.15, -0.1) is 0 Å². The molecule has 7 heteroatoms. The van der Waals surface area contributed by atoms with E-state index in [0.717, 1.165) is 0 Å². The highest BCUT2D eigenvalue weighted by molar-refractivity contribution is 6.39. The van der Waals surface area contributed by atoms with Crippen LogP contribution in [0.25, 0.3) is 11.3 Å². The van der Waals surface area contributed by atoms with Gasteiger partial charge in [0.2, 0.25) is 23.3 Å². The van der Waals surface area contributed by atoms with Crippen molar-refractivity contribution in [1.82, 2.24) is 0 Å². The zero-order valence-electron chi connectivity index (χ0n) is 9.70. The van der Waals surface area contributed by atoms with Crippen molar-refractivity contribution in [2.45, 2.75) is 6.92 Å². The van der Waals surface area contributed by atoms with Crippen LogP contribution >= 0.6 is 23.2 Å². The van der Waals surface area contributed by atoms with Crippen molar-refractivity contribution in [3.05, 3.63) is 28.2 Å². The molecule has 0 aliphatic rings. The van der Waals surface area contributed by atoms with E-state index in [4.69, 9.17) is 27.6 Å². The Balaban J connectivity index is 2.61. The van der Waals surface area contributed by atoms with Crippen LogP contribution in [0, 0.1) is 0 Å². The Morgan fingerprint density at radius 3 is 2.32 bits per heavy atom. The Labute approximate surface area is 118 Å². The van der Waals surface area contributed by atoms with Gasteiger partial charge in [-0.05, 0) is 12.1 Å². The van der Waals surface area contributed by atoms with Crippen LogP contribution in [0.3, 0.4) is 0 Å². The fourth-order valence-corrected chi connectivity index (χ4v) is 2.11. The van der Waals surface area contributed by atoms with E-state index in [1.54, 1.807) is 18.2 Å².